The molecule has 5 rings (SSSR count). The third-order valence-corrected chi connectivity index (χ3v) is 7.12. The number of esters is 1. The van der Waals surface area contributed by atoms with Gasteiger partial charge in [-0.3, -0.25) is 9.59 Å². The maximum Gasteiger partial charge on any atom is 0.307 e. The van der Waals surface area contributed by atoms with Crippen molar-refractivity contribution in [3.8, 4) is 0 Å². The number of benzene rings is 1. The molecular weight excluding hydrogens is 326 g/mol. The lowest BCUT2D eigenvalue weighted by molar-refractivity contribution is -0.152. The summed E-state index contributed by atoms with van der Waals surface area (Å²) in [4.78, 5) is 27.2. The zero-order valence-corrected chi connectivity index (χ0v) is 15.1. The van der Waals surface area contributed by atoms with E-state index in [1.807, 2.05) is 4.90 Å². The van der Waals surface area contributed by atoms with Crippen molar-refractivity contribution in [1.82, 2.24) is 4.90 Å². The zero-order valence-electron chi connectivity index (χ0n) is 15.1. The lowest BCUT2D eigenvalue weighted by Gasteiger charge is -2.41. The first-order valence-corrected chi connectivity index (χ1v) is 9.91. The molecule has 26 heavy (non-hydrogen) atoms. The fraction of sp³-hybridized carbons (Fsp3) is 0.545. The third kappa shape index (κ3) is 2.27. The van der Waals surface area contributed by atoms with Crippen molar-refractivity contribution in [2.45, 2.75) is 56.0 Å². The number of likely N-dealkylation sites (tertiary alicyclic amines) is 1. The molecule has 2 aliphatic carbocycles. The second-order valence-corrected chi connectivity index (χ2v) is 8.40. The summed E-state index contributed by atoms with van der Waals surface area (Å²) in [5.74, 6) is -0.313. The summed E-state index contributed by atoms with van der Waals surface area (Å²) in [5, 5.41) is 0. The van der Waals surface area contributed by atoms with E-state index in [1.165, 1.54) is 11.1 Å². The standard InChI is InChI=1S/C22H25NO3/c24-19-15-18(22(26-19)8-3-4-9-22)20(25)23-13-11-21(12-14-23)10-7-16-5-1-2-6-17(16)21/h1-2,5-7,10,18H,3-4,8-9,11-15H2/t18-/m0/s1. The van der Waals surface area contributed by atoms with E-state index in [1.54, 1.807) is 0 Å². The first-order valence-electron chi connectivity index (χ1n) is 9.91. The van der Waals surface area contributed by atoms with Crippen LogP contribution in [0.5, 0.6) is 0 Å². The number of fused-ring (bicyclic) bond motifs is 2. The molecule has 136 valence electrons. The molecule has 1 amide bonds. The number of carbonyl (C=O) groups is 2. The molecule has 2 aliphatic heterocycles. The maximum absolute atomic E-state index is 13.2. The Bertz CT molecular complexity index is 782. The number of ether oxygens (including phenoxy) is 1. The van der Waals surface area contributed by atoms with Crippen molar-refractivity contribution in [3.63, 3.8) is 0 Å². The van der Waals surface area contributed by atoms with Crippen molar-refractivity contribution in [3.05, 3.63) is 41.5 Å². The van der Waals surface area contributed by atoms with Crippen molar-refractivity contribution in [1.29, 1.82) is 0 Å². The molecule has 2 heterocycles. The summed E-state index contributed by atoms with van der Waals surface area (Å²) < 4.78 is 5.68. The molecule has 1 aromatic rings. The molecule has 4 heteroatoms. The number of amides is 1. The van der Waals surface area contributed by atoms with Crippen LogP contribution in [0.4, 0.5) is 0 Å². The van der Waals surface area contributed by atoms with E-state index in [-0.39, 0.29) is 29.6 Å². The lowest BCUT2D eigenvalue weighted by atomic mass is 9.74. The van der Waals surface area contributed by atoms with Crippen molar-refractivity contribution in [2.75, 3.05) is 13.1 Å². The molecule has 1 atom stereocenters. The first kappa shape index (κ1) is 16.1. The van der Waals surface area contributed by atoms with Gasteiger partial charge < -0.3 is 9.64 Å². The van der Waals surface area contributed by atoms with Gasteiger partial charge in [0, 0.05) is 18.5 Å². The van der Waals surface area contributed by atoms with Gasteiger partial charge in [0.1, 0.15) is 5.60 Å². The Balaban J connectivity index is 1.32. The van der Waals surface area contributed by atoms with Crippen LogP contribution in [0.1, 0.15) is 56.1 Å². The lowest BCUT2D eigenvalue weighted by Crippen LogP contribution is -2.49. The summed E-state index contributed by atoms with van der Waals surface area (Å²) in [6.45, 7) is 1.52. The van der Waals surface area contributed by atoms with Crippen LogP contribution < -0.4 is 0 Å². The number of piperidine rings is 1. The molecule has 1 saturated carbocycles. The average Bonchev–Trinajstić information content (AvgIpc) is 3.35. The summed E-state index contributed by atoms with van der Waals surface area (Å²) in [6, 6.07) is 8.59. The van der Waals surface area contributed by atoms with Crippen LogP contribution in [0.25, 0.3) is 6.08 Å². The highest BCUT2D eigenvalue weighted by molar-refractivity contribution is 5.88. The molecule has 0 unspecified atom stereocenters. The molecular formula is C22H25NO3. The largest absolute Gasteiger partial charge is 0.458 e. The maximum atomic E-state index is 13.2. The smallest absolute Gasteiger partial charge is 0.307 e. The van der Waals surface area contributed by atoms with Crippen molar-refractivity contribution in [2.24, 2.45) is 5.92 Å². The summed E-state index contributed by atoms with van der Waals surface area (Å²) in [6.07, 6.45) is 10.6. The van der Waals surface area contributed by atoms with E-state index in [9.17, 15) is 9.59 Å². The molecule has 1 aromatic carbocycles. The highest BCUT2D eigenvalue weighted by Crippen LogP contribution is 2.48. The predicted molar refractivity (Wildman–Crippen MR) is 98.4 cm³/mol. The fourth-order valence-electron chi connectivity index (χ4n) is 5.65. The molecule has 2 saturated heterocycles. The van der Waals surface area contributed by atoms with Gasteiger partial charge in [0.25, 0.3) is 0 Å². The Hall–Kier alpha value is -2.10. The Morgan fingerprint density at radius 3 is 2.58 bits per heavy atom. The Morgan fingerprint density at radius 2 is 1.81 bits per heavy atom. The summed E-state index contributed by atoms with van der Waals surface area (Å²) >= 11 is 0. The summed E-state index contributed by atoms with van der Waals surface area (Å²) in [7, 11) is 0. The predicted octanol–water partition coefficient (Wildman–Crippen LogP) is 3.45. The molecule has 3 fully saturated rings. The number of hydrogen-bond acceptors (Lipinski definition) is 3. The van der Waals surface area contributed by atoms with Gasteiger partial charge in [0.15, 0.2) is 0 Å². The normalized spacial score (nSPS) is 27.9. The number of nitrogens with zero attached hydrogens (tertiary/aromatic N) is 1. The van der Waals surface area contributed by atoms with Gasteiger partial charge in [0.2, 0.25) is 5.91 Å². The molecule has 4 nitrogen and oxygen atoms in total. The van der Waals surface area contributed by atoms with Gasteiger partial charge in [0.05, 0.1) is 12.3 Å². The van der Waals surface area contributed by atoms with Crippen LogP contribution >= 0.6 is 0 Å². The molecule has 0 radical (unpaired) electrons. The minimum atomic E-state index is -0.497. The Kier molecular flexibility index (Phi) is 3.53. The number of allylic oxidation sites excluding steroid dienone is 1. The Morgan fingerprint density at radius 1 is 1.08 bits per heavy atom. The average molecular weight is 351 g/mol. The minimum Gasteiger partial charge on any atom is -0.458 e. The van der Waals surface area contributed by atoms with E-state index in [2.05, 4.69) is 36.4 Å². The van der Waals surface area contributed by atoms with Crippen LogP contribution in [-0.2, 0) is 19.7 Å². The van der Waals surface area contributed by atoms with E-state index in [4.69, 9.17) is 4.74 Å². The fourth-order valence-corrected chi connectivity index (χ4v) is 5.65. The van der Waals surface area contributed by atoms with Crippen LogP contribution in [0, 0.1) is 5.92 Å². The molecule has 0 N–H and O–H groups in total. The van der Waals surface area contributed by atoms with Crippen LogP contribution in [0.2, 0.25) is 0 Å². The number of hydrogen-bond donors (Lipinski definition) is 0. The molecule has 4 aliphatic rings. The van der Waals surface area contributed by atoms with E-state index in [0.29, 0.717) is 0 Å². The third-order valence-electron chi connectivity index (χ3n) is 7.12. The molecule has 2 spiro atoms. The van der Waals surface area contributed by atoms with E-state index >= 15 is 0 Å². The monoisotopic (exact) mass is 351 g/mol. The zero-order chi connectivity index (χ0) is 17.8. The van der Waals surface area contributed by atoms with Crippen LogP contribution in [0.15, 0.2) is 30.3 Å². The van der Waals surface area contributed by atoms with Gasteiger partial charge >= 0.3 is 5.97 Å². The van der Waals surface area contributed by atoms with E-state index in [0.717, 1.165) is 51.6 Å². The van der Waals surface area contributed by atoms with Crippen LogP contribution in [-0.4, -0.2) is 35.5 Å². The second-order valence-electron chi connectivity index (χ2n) is 8.40. The summed E-state index contributed by atoms with van der Waals surface area (Å²) in [5.41, 5.74) is 2.30. The van der Waals surface area contributed by atoms with Gasteiger partial charge in [-0.1, -0.05) is 36.4 Å². The highest BCUT2D eigenvalue weighted by Gasteiger charge is 2.55. The van der Waals surface area contributed by atoms with Crippen molar-refractivity contribution >= 4 is 18.0 Å². The molecule has 0 bridgehead atoms. The number of carbonyl (C=O) groups excluding carboxylic acids is 2. The Labute approximate surface area is 154 Å². The van der Waals surface area contributed by atoms with Gasteiger partial charge in [-0.25, -0.2) is 0 Å². The van der Waals surface area contributed by atoms with Gasteiger partial charge in [-0.2, -0.15) is 0 Å². The number of rotatable bonds is 1. The van der Waals surface area contributed by atoms with Gasteiger partial charge in [-0.05, 0) is 49.7 Å². The quantitative estimate of drug-likeness (QED) is 0.728. The SMILES string of the molecule is O=C1C[C@@H](C(=O)N2CCC3(C=Cc4ccccc43)CC2)C2(CCCC2)O1. The minimum absolute atomic E-state index is 0.0837. The molecule has 0 aromatic heterocycles. The highest BCUT2D eigenvalue weighted by atomic mass is 16.6. The second kappa shape index (κ2) is 5.70. The van der Waals surface area contributed by atoms with E-state index < -0.39 is 5.60 Å². The topological polar surface area (TPSA) is 46.6 Å². The van der Waals surface area contributed by atoms with Crippen LogP contribution in [0.3, 0.4) is 0 Å². The van der Waals surface area contributed by atoms with Crippen molar-refractivity contribution < 1.29 is 14.3 Å². The first-order chi connectivity index (χ1) is 12.6. The van der Waals surface area contributed by atoms with Gasteiger partial charge in [-0.15, -0.1) is 0 Å².